The first-order chi connectivity index (χ1) is 9.56. The van der Waals surface area contributed by atoms with Crippen molar-refractivity contribution in [2.24, 2.45) is 16.6 Å². The molecule has 0 aliphatic rings. The number of halogens is 1. The number of hydrogen-bond acceptors (Lipinski definition) is 2. The fourth-order valence-corrected chi connectivity index (χ4v) is 2.15. The van der Waals surface area contributed by atoms with Crippen LogP contribution in [0, 0.1) is 19.8 Å². The minimum Gasteiger partial charge on any atom is -0.396 e. The van der Waals surface area contributed by atoms with E-state index in [1.807, 2.05) is 6.07 Å². The number of aliphatic imine (C=N–C) groups is 1. The van der Waals surface area contributed by atoms with Crippen LogP contribution in [0.1, 0.15) is 37.3 Å². The van der Waals surface area contributed by atoms with Crippen molar-refractivity contribution in [3.8, 4) is 0 Å². The maximum Gasteiger partial charge on any atom is 0.193 e. The first-order valence-corrected chi connectivity index (χ1v) is 7.31. The molecule has 0 radical (unpaired) electrons. The molecule has 0 saturated heterocycles. The zero-order valence-corrected chi connectivity index (χ0v) is 15.6. The molecule has 0 bridgehead atoms. The maximum atomic E-state index is 9.02. The predicted molar refractivity (Wildman–Crippen MR) is 102 cm³/mol. The highest BCUT2D eigenvalue weighted by atomic mass is 127. The van der Waals surface area contributed by atoms with Crippen molar-refractivity contribution in [1.82, 2.24) is 0 Å². The number of guanidine groups is 1. The second-order valence-electron chi connectivity index (χ2n) is 5.32. The van der Waals surface area contributed by atoms with Gasteiger partial charge in [-0.05, 0) is 55.9 Å². The molecule has 5 heteroatoms. The highest BCUT2D eigenvalue weighted by Crippen LogP contribution is 2.14. The van der Waals surface area contributed by atoms with Gasteiger partial charge in [-0.2, -0.15) is 0 Å². The summed E-state index contributed by atoms with van der Waals surface area (Å²) < 4.78 is 0. The third-order valence-corrected chi connectivity index (χ3v) is 3.53. The number of nitrogens with two attached hydrogens (primary N) is 1. The molecule has 1 atom stereocenters. The van der Waals surface area contributed by atoms with Crippen LogP contribution in [0.25, 0.3) is 0 Å². The van der Waals surface area contributed by atoms with Gasteiger partial charge in [0.15, 0.2) is 5.96 Å². The molecule has 1 aromatic carbocycles. The normalized spacial score (nSPS) is 12.7. The highest BCUT2D eigenvalue weighted by molar-refractivity contribution is 14.0. The average Bonchev–Trinajstić information content (AvgIpc) is 2.41. The third kappa shape index (κ3) is 7.66. The van der Waals surface area contributed by atoms with Gasteiger partial charge in [0.2, 0.25) is 0 Å². The van der Waals surface area contributed by atoms with E-state index in [0.29, 0.717) is 18.4 Å². The van der Waals surface area contributed by atoms with Gasteiger partial charge >= 0.3 is 0 Å². The first-order valence-electron chi connectivity index (χ1n) is 7.31. The molecule has 0 heterocycles. The van der Waals surface area contributed by atoms with E-state index >= 15 is 0 Å². The van der Waals surface area contributed by atoms with E-state index in [-0.39, 0.29) is 30.6 Å². The smallest absolute Gasteiger partial charge is 0.193 e. The van der Waals surface area contributed by atoms with Gasteiger partial charge in [-0.25, -0.2) is 0 Å². The van der Waals surface area contributed by atoms with Gasteiger partial charge in [0, 0.05) is 18.8 Å². The van der Waals surface area contributed by atoms with Gasteiger partial charge in [0.05, 0.1) is 0 Å². The van der Waals surface area contributed by atoms with Crippen molar-refractivity contribution < 1.29 is 5.11 Å². The molecule has 0 amide bonds. The maximum absolute atomic E-state index is 9.02. The van der Waals surface area contributed by atoms with Crippen molar-refractivity contribution in [3.05, 3.63) is 29.3 Å². The average molecular weight is 405 g/mol. The van der Waals surface area contributed by atoms with Crippen LogP contribution >= 0.6 is 24.0 Å². The molecule has 21 heavy (non-hydrogen) atoms. The molecule has 4 nitrogen and oxygen atoms in total. The number of rotatable bonds is 7. The second-order valence-corrected chi connectivity index (χ2v) is 5.32. The van der Waals surface area contributed by atoms with Gasteiger partial charge in [-0.1, -0.05) is 19.4 Å². The summed E-state index contributed by atoms with van der Waals surface area (Å²) in [6.07, 6.45) is 2.96. The molecule has 1 rings (SSSR count). The van der Waals surface area contributed by atoms with Crippen LogP contribution in [0.3, 0.4) is 0 Å². The zero-order chi connectivity index (χ0) is 15.0. The lowest BCUT2D eigenvalue weighted by Crippen LogP contribution is -2.24. The number of aryl methyl sites for hydroxylation is 2. The number of nitrogens with one attached hydrogen (secondary N) is 1. The van der Waals surface area contributed by atoms with Crippen LogP contribution in [0.5, 0.6) is 0 Å². The van der Waals surface area contributed by atoms with Gasteiger partial charge in [0.1, 0.15) is 0 Å². The lowest BCUT2D eigenvalue weighted by molar-refractivity contribution is 0.253. The molecule has 120 valence electrons. The minimum absolute atomic E-state index is 0. The molecule has 0 aliphatic carbocycles. The summed E-state index contributed by atoms with van der Waals surface area (Å²) in [4.78, 5) is 4.38. The molecule has 0 spiro atoms. The van der Waals surface area contributed by atoms with E-state index in [1.54, 1.807) is 0 Å². The predicted octanol–water partition coefficient (Wildman–Crippen LogP) is 3.45. The number of benzene rings is 1. The Bertz CT molecular complexity index is 443. The van der Waals surface area contributed by atoms with E-state index in [1.165, 1.54) is 11.1 Å². The van der Waals surface area contributed by atoms with Crippen LogP contribution < -0.4 is 11.1 Å². The highest BCUT2D eigenvalue weighted by Gasteiger charge is 2.06. The van der Waals surface area contributed by atoms with Gasteiger partial charge < -0.3 is 16.2 Å². The first kappa shape index (κ1) is 20.2. The third-order valence-electron chi connectivity index (χ3n) is 3.53. The Morgan fingerprint density at radius 3 is 2.57 bits per heavy atom. The standard InChI is InChI=1S/C16H27N3O.HI/c1-4-5-14(8-9-20)11-18-16(17)19-15-7-6-12(2)13(3)10-15;/h6-7,10,14,20H,4-5,8-9,11H2,1-3H3,(H3,17,18,19);1H. The van der Waals surface area contributed by atoms with E-state index in [9.17, 15) is 0 Å². The lowest BCUT2D eigenvalue weighted by Gasteiger charge is -2.13. The number of aliphatic hydroxyl groups is 1. The van der Waals surface area contributed by atoms with Crippen molar-refractivity contribution in [3.63, 3.8) is 0 Å². The molecule has 1 aromatic rings. The SMILES string of the molecule is CCCC(CCO)CN=C(N)Nc1ccc(C)c(C)c1.I. The van der Waals surface area contributed by atoms with Crippen molar-refractivity contribution in [1.29, 1.82) is 0 Å². The summed E-state index contributed by atoms with van der Waals surface area (Å²) in [6, 6.07) is 6.13. The van der Waals surface area contributed by atoms with Gasteiger partial charge in [-0.15, -0.1) is 24.0 Å². The van der Waals surface area contributed by atoms with Crippen molar-refractivity contribution >= 4 is 35.6 Å². The molecular formula is C16H28IN3O. The Labute approximate surface area is 145 Å². The van der Waals surface area contributed by atoms with E-state index in [0.717, 1.165) is 24.9 Å². The Kier molecular flexibility index (Phi) is 10.4. The minimum atomic E-state index is 0. The summed E-state index contributed by atoms with van der Waals surface area (Å²) in [5.74, 6) is 0.845. The van der Waals surface area contributed by atoms with Crippen LogP contribution in [0.2, 0.25) is 0 Å². The molecule has 1 unspecified atom stereocenters. The quantitative estimate of drug-likeness (QED) is 0.370. The zero-order valence-electron chi connectivity index (χ0n) is 13.2. The summed E-state index contributed by atoms with van der Waals surface area (Å²) in [7, 11) is 0. The largest absolute Gasteiger partial charge is 0.396 e. The molecule has 0 aromatic heterocycles. The summed E-state index contributed by atoms with van der Waals surface area (Å²) in [6.45, 7) is 7.18. The van der Waals surface area contributed by atoms with Crippen molar-refractivity contribution in [2.75, 3.05) is 18.5 Å². The number of aliphatic hydroxyl groups excluding tert-OH is 1. The van der Waals surface area contributed by atoms with E-state index in [2.05, 4.69) is 43.2 Å². The van der Waals surface area contributed by atoms with Gasteiger partial charge in [0.25, 0.3) is 0 Å². The number of nitrogens with zero attached hydrogens (tertiary/aromatic N) is 1. The molecule has 0 saturated carbocycles. The summed E-state index contributed by atoms with van der Waals surface area (Å²) in [5, 5.41) is 12.1. The monoisotopic (exact) mass is 405 g/mol. The summed E-state index contributed by atoms with van der Waals surface area (Å²) >= 11 is 0. The molecule has 4 N–H and O–H groups in total. The Morgan fingerprint density at radius 2 is 2.00 bits per heavy atom. The Balaban J connectivity index is 0.00000400. The van der Waals surface area contributed by atoms with Crippen molar-refractivity contribution in [2.45, 2.75) is 40.0 Å². The lowest BCUT2D eigenvalue weighted by atomic mass is 10.0. The fraction of sp³-hybridized carbons (Fsp3) is 0.562. The number of anilines is 1. The van der Waals surface area contributed by atoms with E-state index < -0.39 is 0 Å². The fourth-order valence-electron chi connectivity index (χ4n) is 2.15. The molecule has 0 fully saturated rings. The number of hydrogen-bond donors (Lipinski definition) is 3. The Hall–Kier alpha value is -0.820. The summed E-state index contributed by atoms with van der Waals surface area (Å²) in [5.41, 5.74) is 9.36. The van der Waals surface area contributed by atoms with Crippen LogP contribution in [-0.2, 0) is 0 Å². The molecule has 0 aliphatic heterocycles. The van der Waals surface area contributed by atoms with Gasteiger partial charge in [-0.3, -0.25) is 4.99 Å². The molecular weight excluding hydrogens is 377 g/mol. The second kappa shape index (κ2) is 10.8. The van der Waals surface area contributed by atoms with Crippen LogP contribution in [0.15, 0.2) is 23.2 Å². The van der Waals surface area contributed by atoms with Crippen LogP contribution in [-0.4, -0.2) is 24.2 Å². The Morgan fingerprint density at radius 1 is 1.29 bits per heavy atom. The van der Waals surface area contributed by atoms with Crippen LogP contribution in [0.4, 0.5) is 5.69 Å². The van der Waals surface area contributed by atoms with E-state index in [4.69, 9.17) is 10.8 Å². The topological polar surface area (TPSA) is 70.6 Å².